The number of aryl methyl sites for hydroxylation is 1. The molecule has 1 aromatic rings. The molecule has 0 bridgehead atoms. The van der Waals surface area contributed by atoms with E-state index >= 15 is 0 Å². The van der Waals surface area contributed by atoms with Gasteiger partial charge in [-0.1, -0.05) is 0 Å². The van der Waals surface area contributed by atoms with Crippen LogP contribution in [0.1, 0.15) is 44.2 Å². The van der Waals surface area contributed by atoms with Crippen molar-refractivity contribution in [3.05, 3.63) is 17.8 Å². The molecule has 2 fully saturated rings. The summed E-state index contributed by atoms with van der Waals surface area (Å²) in [6, 6.07) is 3.24. The van der Waals surface area contributed by atoms with Gasteiger partial charge in [0.1, 0.15) is 5.75 Å². The van der Waals surface area contributed by atoms with Gasteiger partial charge in [0, 0.05) is 6.26 Å². The highest BCUT2D eigenvalue weighted by Gasteiger charge is 2.26. The number of rotatable bonds is 5. The number of pyridine rings is 1. The molecule has 7 heteroatoms. The highest BCUT2D eigenvalue weighted by molar-refractivity contribution is 7.90. The average molecular weight is 368 g/mol. The lowest BCUT2D eigenvalue weighted by atomic mass is 9.94. The minimum absolute atomic E-state index is 0.0939. The summed E-state index contributed by atoms with van der Waals surface area (Å²) in [5.41, 5.74) is 0.621. The molecular weight excluding hydrogens is 340 g/mol. The Morgan fingerprint density at radius 3 is 2.20 bits per heavy atom. The third kappa shape index (κ3) is 5.15. The van der Waals surface area contributed by atoms with Crippen molar-refractivity contribution in [1.82, 2.24) is 10.3 Å². The van der Waals surface area contributed by atoms with Gasteiger partial charge >= 0.3 is 0 Å². The normalized spacial score (nSPS) is 25.7. The number of piperidine rings is 1. The van der Waals surface area contributed by atoms with Crippen molar-refractivity contribution in [2.45, 2.75) is 68.8 Å². The SMILES string of the molecule is Cc1nc(S(C)(=O)=O)ccc1OC1CCC(OC2CCNCC2)CC1. The van der Waals surface area contributed by atoms with Gasteiger partial charge in [-0.15, -0.1) is 0 Å². The molecule has 0 radical (unpaired) electrons. The maximum atomic E-state index is 11.6. The molecule has 0 spiro atoms. The van der Waals surface area contributed by atoms with E-state index in [0.29, 0.717) is 23.7 Å². The number of sulfone groups is 1. The van der Waals surface area contributed by atoms with Crippen LogP contribution < -0.4 is 10.1 Å². The first-order valence-corrected chi connectivity index (χ1v) is 11.0. The number of nitrogens with one attached hydrogen (secondary N) is 1. The highest BCUT2D eigenvalue weighted by Crippen LogP contribution is 2.28. The maximum Gasteiger partial charge on any atom is 0.192 e. The van der Waals surface area contributed by atoms with Crippen molar-refractivity contribution in [3.63, 3.8) is 0 Å². The van der Waals surface area contributed by atoms with Crippen molar-refractivity contribution >= 4 is 9.84 Å². The molecule has 0 atom stereocenters. The van der Waals surface area contributed by atoms with E-state index in [9.17, 15) is 8.42 Å². The molecule has 2 heterocycles. The molecule has 0 amide bonds. The molecule has 1 aliphatic carbocycles. The molecular formula is C18H28N2O4S. The maximum absolute atomic E-state index is 11.6. The summed E-state index contributed by atoms with van der Waals surface area (Å²) in [7, 11) is -3.28. The largest absolute Gasteiger partial charge is 0.489 e. The fourth-order valence-corrected chi connectivity index (χ4v) is 4.14. The Balaban J connectivity index is 1.50. The Kier molecular flexibility index (Phi) is 5.96. The first-order chi connectivity index (χ1) is 11.9. The van der Waals surface area contributed by atoms with E-state index in [4.69, 9.17) is 9.47 Å². The summed E-state index contributed by atoms with van der Waals surface area (Å²) in [4.78, 5) is 4.16. The van der Waals surface area contributed by atoms with Gasteiger partial charge in [0.25, 0.3) is 0 Å². The van der Waals surface area contributed by atoms with Crippen molar-refractivity contribution in [2.75, 3.05) is 19.3 Å². The second-order valence-electron chi connectivity index (χ2n) is 7.11. The number of nitrogens with zero attached hydrogens (tertiary/aromatic N) is 1. The number of hydrogen-bond donors (Lipinski definition) is 1. The Morgan fingerprint density at radius 2 is 1.60 bits per heavy atom. The summed E-state index contributed by atoms with van der Waals surface area (Å²) < 4.78 is 35.4. The van der Waals surface area contributed by atoms with E-state index < -0.39 is 9.84 Å². The third-order valence-electron chi connectivity index (χ3n) is 4.98. The Hall–Kier alpha value is -1.18. The van der Waals surface area contributed by atoms with Gasteiger partial charge in [-0.2, -0.15) is 0 Å². The predicted molar refractivity (Wildman–Crippen MR) is 95.7 cm³/mol. The fourth-order valence-electron chi connectivity index (χ4n) is 3.53. The lowest BCUT2D eigenvalue weighted by molar-refractivity contribution is -0.0549. The fraction of sp³-hybridized carbons (Fsp3) is 0.722. The molecule has 6 nitrogen and oxygen atoms in total. The van der Waals surface area contributed by atoms with Crippen molar-refractivity contribution in [3.8, 4) is 5.75 Å². The first-order valence-electron chi connectivity index (χ1n) is 9.12. The van der Waals surface area contributed by atoms with Crippen molar-refractivity contribution in [1.29, 1.82) is 0 Å². The standard InChI is InChI=1S/C18H28N2O4S/c1-13-17(7-8-18(20-13)25(2,21)22)24-15-5-3-14(4-6-15)23-16-9-11-19-12-10-16/h7-8,14-16,19H,3-6,9-12H2,1-2H3. The van der Waals surface area contributed by atoms with Gasteiger partial charge in [-0.25, -0.2) is 13.4 Å². The minimum Gasteiger partial charge on any atom is -0.489 e. The summed E-state index contributed by atoms with van der Waals surface area (Å²) in [5.74, 6) is 0.676. The van der Waals surface area contributed by atoms with Crippen LogP contribution in [-0.2, 0) is 14.6 Å². The van der Waals surface area contributed by atoms with Gasteiger partial charge in [-0.3, -0.25) is 0 Å². The van der Waals surface area contributed by atoms with E-state index in [1.165, 1.54) is 12.3 Å². The number of ether oxygens (including phenoxy) is 2. The Morgan fingerprint density at radius 1 is 1.00 bits per heavy atom. The second-order valence-corrected chi connectivity index (χ2v) is 9.07. The molecule has 1 N–H and O–H groups in total. The lowest BCUT2D eigenvalue weighted by Gasteiger charge is -2.33. The van der Waals surface area contributed by atoms with Gasteiger partial charge in [0.2, 0.25) is 0 Å². The highest BCUT2D eigenvalue weighted by atomic mass is 32.2. The van der Waals surface area contributed by atoms with Crippen LogP contribution in [0.5, 0.6) is 5.75 Å². The van der Waals surface area contributed by atoms with Crippen LogP contribution in [0.2, 0.25) is 0 Å². The summed E-state index contributed by atoms with van der Waals surface area (Å²) in [5, 5.41) is 3.46. The number of hydrogen-bond acceptors (Lipinski definition) is 6. The van der Waals surface area contributed by atoms with E-state index in [0.717, 1.165) is 51.6 Å². The topological polar surface area (TPSA) is 77.5 Å². The van der Waals surface area contributed by atoms with Crippen LogP contribution in [0.4, 0.5) is 0 Å². The average Bonchev–Trinajstić information content (AvgIpc) is 2.58. The van der Waals surface area contributed by atoms with Crippen molar-refractivity contribution < 1.29 is 17.9 Å². The van der Waals surface area contributed by atoms with Crippen LogP contribution in [0.3, 0.4) is 0 Å². The summed E-state index contributed by atoms with van der Waals surface area (Å²) >= 11 is 0. The second kappa shape index (κ2) is 8.01. The molecule has 1 saturated heterocycles. The summed E-state index contributed by atoms with van der Waals surface area (Å²) in [6.07, 6.45) is 8.23. The molecule has 0 unspecified atom stereocenters. The van der Waals surface area contributed by atoms with Crippen LogP contribution in [0.25, 0.3) is 0 Å². The van der Waals surface area contributed by atoms with Crippen LogP contribution in [0, 0.1) is 6.92 Å². The lowest BCUT2D eigenvalue weighted by Crippen LogP contribution is -2.37. The first kappa shape index (κ1) is 18.6. The molecule has 140 valence electrons. The smallest absolute Gasteiger partial charge is 0.192 e. The van der Waals surface area contributed by atoms with Crippen LogP contribution in [0.15, 0.2) is 17.2 Å². The van der Waals surface area contributed by atoms with E-state index in [1.807, 2.05) is 0 Å². The van der Waals surface area contributed by atoms with E-state index in [-0.39, 0.29) is 11.1 Å². The molecule has 3 rings (SSSR count). The molecule has 0 aromatic carbocycles. The third-order valence-corrected chi connectivity index (χ3v) is 5.96. The van der Waals surface area contributed by atoms with Gasteiger partial charge in [-0.05, 0) is 70.7 Å². The van der Waals surface area contributed by atoms with Crippen LogP contribution >= 0.6 is 0 Å². The van der Waals surface area contributed by atoms with Crippen LogP contribution in [-0.4, -0.2) is 51.1 Å². The van der Waals surface area contributed by atoms with E-state index in [1.54, 1.807) is 13.0 Å². The molecule has 1 aromatic heterocycles. The van der Waals surface area contributed by atoms with Gasteiger partial charge in [0.15, 0.2) is 14.9 Å². The molecule has 25 heavy (non-hydrogen) atoms. The Labute approximate surface area is 150 Å². The zero-order valence-corrected chi connectivity index (χ0v) is 15.8. The minimum atomic E-state index is -3.28. The van der Waals surface area contributed by atoms with Gasteiger partial charge < -0.3 is 14.8 Å². The summed E-state index contributed by atoms with van der Waals surface area (Å²) in [6.45, 7) is 3.90. The molecule has 2 aliphatic rings. The zero-order valence-electron chi connectivity index (χ0n) is 15.0. The van der Waals surface area contributed by atoms with Crippen molar-refractivity contribution in [2.24, 2.45) is 0 Å². The zero-order chi connectivity index (χ0) is 17.9. The number of aromatic nitrogens is 1. The van der Waals surface area contributed by atoms with E-state index in [2.05, 4.69) is 10.3 Å². The predicted octanol–water partition coefficient (Wildman–Crippen LogP) is 2.25. The monoisotopic (exact) mass is 368 g/mol. The van der Waals surface area contributed by atoms with Gasteiger partial charge in [0.05, 0.1) is 24.0 Å². The Bertz CT molecular complexity index is 678. The quantitative estimate of drug-likeness (QED) is 0.859. The molecule has 1 aliphatic heterocycles. The molecule has 1 saturated carbocycles.